The summed E-state index contributed by atoms with van der Waals surface area (Å²) in [6.45, 7) is 9.22. The van der Waals surface area contributed by atoms with E-state index >= 15 is 0 Å². The standard InChI is InChI=1S/C26H26BrFN4O/c1-16(2)26-30-13-17(3)25(31-26)23-12-21(9-10-29-23)32-14-22(27)24(11-18(32)4)33-15-19-5-7-20(28)8-6-19/h5-13,16H,14-15H2,1-4H3. The van der Waals surface area contributed by atoms with Crippen LogP contribution in [-0.4, -0.2) is 21.5 Å². The van der Waals surface area contributed by atoms with Gasteiger partial charge in [0.25, 0.3) is 0 Å². The van der Waals surface area contributed by atoms with Gasteiger partial charge in [0.05, 0.1) is 22.4 Å². The Balaban J connectivity index is 1.55. The van der Waals surface area contributed by atoms with Crippen LogP contribution < -0.4 is 4.90 Å². The predicted octanol–water partition coefficient (Wildman–Crippen LogP) is 6.66. The topological polar surface area (TPSA) is 51.1 Å². The van der Waals surface area contributed by atoms with Crippen LogP contribution in [0.4, 0.5) is 10.1 Å². The van der Waals surface area contributed by atoms with E-state index in [1.807, 2.05) is 38.4 Å². The van der Waals surface area contributed by atoms with E-state index in [2.05, 4.69) is 50.7 Å². The van der Waals surface area contributed by atoms with Crippen LogP contribution in [0.3, 0.4) is 0 Å². The number of benzene rings is 1. The summed E-state index contributed by atoms with van der Waals surface area (Å²) in [6, 6.07) is 10.4. The second-order valence-corrected chi connectivity index (χ2v) is 9.33. The van der Waals surface area contributed by atoms with Crippen molar-refractivity contribution in [3.63, 3.8) is 0 Å². The second kappa shape index (κ2) is 9.83. The molecule has 0 saturated carbocycles. The highest BCUT2D eigenvalue weighted by Crippen LogP contribution is 2.32. The van der Waals surface area contributed by atoms with Crippen molar-refractivity contribution >= 4 is 21.6 Å². The summed E-state index contributed by atoms with van der Waals surface area (Å²) in [4.78, 5) is 16.0. The number of hydrogen-bond donors (Lipinski definition) is 0. The number of halogens is 2. The normalized spacial score (nSPS) is 14.0. The van der Waals surface area contributed by atoms with E-state index in [1.165, 1.54) is 12.1 Å². The molecule has 2 aromatic heterocycles. The predicted molar refractivity (Wildman–Crippen MR) is 132 cm³/mol. The zero-order chi connectivity index (χ0) is 23.5. The highest BCUT2D eigenvalue weighted by atomic mass is 79.9. The maximum Gasteiger partial charge on any atom is 0.133 e. The van der Waals surface area contributed by atoms with E-state index in [4.69, 9.17) is 9.72 Å². The third-order valence-electron chi connectivity index (χ3n) is 5.44. The molecular weight excluding hydrogens is 483 g/mol. The minimum Gasteiger partial charge on any atom is -0.488 e. The minimum absolute atomic E-state index is 0.245. The molecule has 33 heavy (non-hydrogen) atoms. The fourth-order valence-corrected chi connectivity index (χ4v) is 4.03. The summed E-state index contributed by atoms with van der Waals surface area (Å²) >= 11 is 3.68. The van der Waals surface area contributed by atoms with Crippen LogP contribution in [0.1, 0.15) is 43.6 Å². The summed E-state index contributed by atoms with van der Waals surface area (Å²) in [5, 5.41) is 0. The Labute approximate surface area is 202 Å². The van der Waals surface area contributed by atoms with Crippen molar-refractivity contribution in [2.45, 2.75) is 40.2 Å². The average molecular weight is 509 g/mol. The number of anilines is 1. The van der Waals surface area contributed by atoms with E-state index in [0.717, 1.165) is 50.0 Å². The lowest BCUT2D eigenvalue weighted by Crippen LogP contribution is -2.26. The molecule has 170 valence electrons. The molecule has 0 amide bonds. The Kier molecular flexibility index (Phi) is 6.88. The molecule has 0 fully saturated rings. The zero-order valence-electron chi connectivity index (χ0n) is 19.1. The van der Waals surface area contributed by atoms with Crippen LogP contribution in [0.25, 0.3) is 11.4 Å². The van der Waals surface area contributed by atoms with E-state index < -0.39 is 0 Å². The first-order valence-electron chi connectivity index (χ1n) is 10.8. The number of ether oxygens (including phenoxy) is 1. The maximum atomic E-state index is 13.1. The van der Waals surface area contributed by atoms with Crippen molar-refractivity contribution in [3.8, 4) is 11.4 Å². The van der Waals surface area contributed by atoms with Crippen LogP contribution in [0.15, 0.2) is 70.8 Å². The first-order chi connectivity index (χ1) is 15.8. The molecule has 3 heterocycles. The van der Waals surface area contributed by atoms with Gasteiger partial charge in [-0.15, -0.1) is 0 Å². The van der Waals surface area contributed by atoms with Gasteiger partial charge in [-0.25, -0.2) is 14.4 Å². The molecule has 0 spiro atoms. The molecule has 1 aliphatic rings. The van der Waals surface area contributed by atoms with Crippen LogP contribution >= 0.6 is 15.9 Å². The molecule has 3 aromatic rings. The Morgan fingerprint density at radius 2 is 1.88 bits per heavy atom. The van der Waals surface area contributed by atoms with Crippen LogP contribution in [-0.2, 0) is 11.3 Å². The number of pyridine rings is 1. The Morgan fingerprint density at radius 1 is 1.12 bits per heavy atom. The fraction of sp³-hybridized carbons (Fsp3) is 0.269. The molecule has 5 nitrogen and oxygen atoms in total. The maximum absolute atomic E-state index is 13.1. The number of aryl methyl sites for hydroxylation is 1. The molecule has 0 unspecified atom stereocenters. The van der Waals surface area contributed by atoms with Crippen molar-refractivity contribution in [1.82, 2.24) is 15.0 Å². The van der Waals surface area contributed by atoms with E-state index in [0.29, 0.717) is 13.2 Å². The minimum atomic E-state index is -0.252. The summed E-state index contributed by atoms with van der Waals surface area (Å²) in [5.41, 5.74) is 5.65. The molecule has 1 aliphatic heterocycles. The fourth-order valence-electron chi connectivity index (χ4n) is 3.55. The van der Waals surface area contributed by atoms with E-state index in [1.54, 1.807) is 12.1 Å². The van der Waals surface area contributed by atoms with Gasteiger partial charge in [-0.05, 0) is 65.2 Å². The summed E-state index contributed by atoms with van der Waals surface area (Å²) < 4.78 is 20.1. The van der Waals surface area contributed by atoms with Crippen molar-refractivity contribution in [3.05, 3.63) is 93.6 Å². The SMILES string of the molecule is CC1=CC(OCc2ccc(F)cc2)=C(Br)CN1c1ccnc(-c2nc(C(C)C)ncc2C)c1. The molecule has 0 radical (unpaired) electrons. The molecule has 4 rings (SSSR count). The molecule has 0 atom stereocenters. The van der Waals surface area contributed by atoms with Gasteiger partial charge in [0.2, 0.25) is 0 Å². The Bertz CT molecular complexity index is 1220. The summed E-state index contributed by atoms with van der Waals surface area (Å²) in [5.74, 6) is 1.58. The number of allylic oxidation sites excluding steroid dienone is 2. The molecule has 0 bridgehead atoms. The number of rotatable bonds is 6. The van der Waals surface area contributed by atoms with Crippen LogP contribution in [0.5, 0.6) is 0 Å². The highest BCUT2D eigenvalue weighted by Gasteiger charge is 2.20. The lowest BCUT2D eigenvalue weighted by molar-refractivity contribution is 0.208. The summed E-state index contributed by atoms with van der Waals surface area (Å²) in [7, 11) is 0. The quantitative estimate of drug-likeness (QED) is 0.372. The second-order valence-electron chi connectivity index (χ2n) is 8.37. The molecule has 7 heteroatoms. The number of nitrogens with zero attached hydrogens (tertiary/aromatic N) is 4. The highest BCUT2D eigenvalue weighted by molar-refractivity contribution is 9.11. The Hall–Kier alpha value is -3.06. The van der Waals surface area contributed by atoms with Gasteiger partial charge in [-0.1, -0.05) is 26.0 Å². The van der Waals surface area contributed by atoms with Gasteiger partial charge in [-0.2, -0.15) is 0 Å². The van der Waals surface area contributed by atoms with Gasteiger partial charge in [0.1, 0.15) is 24.0 Å². The van der Waals surface area contributed by atoms with Crippen molar-refractivity contribution in [1.29, 1.82) is 0 Å². The lowest BCUT2D eigenvalue weighted by atomic mass is 10.1. The van der Waals surface area contributed by atoms with Gasteiger partial charge in [-0.3, -0.25) is 4.98 Å². The smallest absolute Gasteiger partial charge is 0.133 e. The first-order valence-corrected chi connectivity index (χ1v) is 11.6. The van der Waals surface area contributed by atoms with Gasteiger partial charge >= 0.3 is 0 Å². The summed E-state index contributed by atoms with van der Waals surface area (Å²) in [6.07, 6.45) is 5.68. The van der Waals surface area contributed by atoms with E-state index in [9.17, 15) is 4.39 Å². The first kappa shape index (κ1) is 23.1. The third kappa shape index (κ3) is 5.30. The van der Waals surface area contributed by atoms with Crippen molar-refractivity contribution in [2.75, 3.05) is 11.4 Å². The molecule has 1 aromatic carbocycles. The van der Waals surface area contributed by atoms with Crippen LogP contribution in [0.2, 0.25) is 0 Å². The Morgan fingerprint density at radius 3 is 2.61 bits per heavy atom. The number of hydrogen-bond acceptors (Lipinski definition) is 5. The largest absolute Gasteiger partial charge is 0.488 e. The van der Waals surface area contributed by atoms with Gasteiger partial charge in [0, 0.05) is 35.8 Å². The molecule has 0 N–H and O–H groups in total. The van der Waals surface area contributed by atoms with Gasteiger partial charge < -0.3 is 9.64 Å². The van der Waals surface area contributed by atoms with E-state index in [-0.39, 0.29) is 11.7 Å². The molecule has 0 aliphatic carbocycles. The van der Waals surface area contributed by atoms with Crippen molar-refractivity contribution in [2.24, 2.45) is 0 Å². The lowest BCUT2D eigenvalue weighted by Gasteiger charge is -2.30. The molecular formula is C26H26BrFN4O. The zero-order valence-corrected chi connectivity index (χ0v) is 20.7. The van der Waals surface area contributed by atoms with Crippen LogP contribution in [0, 0.1) is 12.7 Å². The molecule has 0 saturated heterocycles. The van der Waals surface area contributed by atoms with Crippen molar-refractivity contribution < 1.29 is 9.13 Å². The average Bonchev–Trinajstić information content (AvgIpc) is 2.80. The number of aromatic nitrogens is 3. The van der Waals surface area contributed by atoms with Gasteiger partial charge in [0.15, 0.2) is 0 Å². The monoisotopic (exact) mass is 508 g/mol. The third-order valence-corrected chi connectivity index (χ3v) is 6.08.